The second kappa shape index (κ2) is 4.91. The summed E-state index contributed by atoms with van der Waals surface area (Å²) in [6.07, 6.45) is 0. The van der Waals surface area contributed by atoms with Gasteiger partial charge < -0.3 is 15.7 Å². The molecule has 4 heteroatoms. The molecule has 1 saturated heterocycles. The van der Waals surface area contributed by atoms with Crippen molar-refractivity contribution in [3.05, 3.63) is 0 Å². The van der Waals surface area contributed by atoms with E-state index in [0.717, 1.165) is 19.6 Å². The zero-order valence-electron chi connectivity index (χ0n) is 8.61. The molecule has 0 aliphatic carbocycles. The lowest BCUT2D eigenvalue weighted by Crippen LogP contribution is -2.57. The van der Waals surface area contributed by atoms with Crippen LogP contribution in [0.5, 0.6) is 0 Å². The Morgan fingerprint density at radius 2 is 2.23 bits per heavy atom. The van der Waals surface area contributed by atoms with E-state index in [1.807, 2.05) is 0 Å². The zero-order valence-corrected chi connectivity index (χ0v) is 8.61. The summed E-state index contributed by atoms with van der Waals surface area (Å²) in [5.74, 6) is 0. The summed E-state index contributed by atoms with van der Waals surface area (Å²) >= 11 is 0. The minimum atomic E-state index is 0.142. The molecule has 2 unspecified atom stereocenters. The predicted molar refractivity (Wildman–Crippen MR) is 53.6 cm³/mol. The molecule has 0 bridgehead atoms. The molecule has 0 spiro atoms. The van der Waals surface area contributed by atoms with Gasteiger partial charge in [0.2, 0.25) is 0 Å². The van der Waals surface area contributed by atoms with Crippen molar-refractivity contribution < 1.29 is 5.11 Å². The van der Waals surface area contributed by atoms with Gasteiger partial charge in [0.1, 0.15) is 0 Å². The van der Waals surface area contributed by atoms with E-state index in [0.29, 0.717) is 12.6 Å². The number of aliphatic hydroxyl groups excluding tert-OH is 1. The van der Waals surface area contributed by atoms with Crippen LogP contribution in [0.2, 0.25) is 0 Å². The van der Waals surface area contributed by atoms with Crippen LogP contribution in [-0.4, -0.2) is 66.8 Å². The monoisotopic (exact) mass is 187 g/mol. The van der Waals surface area contributed by atoms with Crippen LogP contribution >= 0.6 is 0 Å². The number of piperazine rings is 1. The topological polar surface area (TPSA) is 52.7 Å². The van der Waals surface area contributed by atoms with E-state index in [1.54, 1.807) is 0 Å². The Labute approximate surface area is 80.3 Å². The predicted octanol–water partition coefficient (Wildman–Crippen LogP) is -1.06. The first-order valence-corrected chi connectivity index (χ1v) is 4.94. The molecular weight excluding hydrogens is 166 g/mol. The van der Waals surface area contributed by atoms with E-state index in [-0.39, 0.29) is 12.6 Å². The molecule has 1 heterocycles. The quantitative estimate of drug-likeness (QED) is 0.591. The zero-order chi connectivity index (χ0) is 9.84. The highest BCUT2D eigenvalue weighted by atomic mass is 16.3. The van der Waals surface area contributed by atoms with Gasteiger partial charge in [-0.2, -0.15) is 0 Å². The van der Waals surface area contributed by atoms with Crippen LogP contribution in [0.3, 0.4) is 0 Å². The van der Waals surface area contributed by atoms with Crippen molar-refractivity contribution in [1.82, 2.24) is 9.80 Å². The van der Waals surface area contributed by atoms with Crippen molar-refractivity contribution in [3.63, 3.8) is 0 Å². The van der Waals surface area contributed by atoms with E-state index in [2.05, 4.69) is 23.8 Å². The molecule has 0 aromatic heterocycles. The first-order chi connectivity index (χ1) is 6.19. The lowest BCUT2D eigenvalue weighted by Gasteiger charge is -2.41. The molecule has 1 aliphatic rings. The van der Waals surface area contributed by atoms with Crippen molar-refractivity contribution in [1.29, 1.82) is 0 Å². The van der Waals surface area contributed by atoms with Gasteiger partial charge in [-0.25, -0.2) is 0 Å². The number of hydrogen-bond donors (Lipinski definition) is 2. The molecule has 3 N–H and O–H groups in total. The molecule has 1 rings (SSSR count). The van der Waals surface area contributed by atoms with Crippen LogP contribution in [0.4, 0.5) is 0 Å². The summed E-state index contributed by atoms with van der Waals surface area (Å²) in [7, 11) is 2.13. The first-order valence-electron chi connectivity index (χ1n) is 4.94. The number of nitrogens with zero attached hydrogens (tertiary/aromatic N) is 2. The second-order valence-corrected chi connectivity index (χ2v) is 3.92. The highest BCUT2D eigenvalue weighted by Crippen LogP contribution is 2.10. The summed E-state index contributed by atoms with van der Waals surface area (Å²) in [6.45, 7) is 6.06. The lowest BCUT2D eigenvalue weighted by atomic mass is 10.1. The third-order valence-electron chi connectivity index (χ3n) is 2.83. The van der Waals surface area contributed by atoms with Gasteiger partial charge in [0.15, 0.2) is 0 Å². The van der Waals surface area contributed by atoms with Gasteiger partial charge in [0.25, 0.3) is 0 Å². The molecule has 0 aromatic rings. The Bertz CT molecular complexity index is 150. The molecular formula is C9H21N3O. The lowest BCUT2D eigenvalue weighted by molar-refractivity contribution is 0.0385. The van der Waals surface area contributed by atoms with Gasteiger partial charge in [0, 0.05) is 38.3 Å². The molecule has 0 radical (unpaired) electrons. The highest BCUT2D eigenvalue weighted by Gasteiger charge is 2.26. The Hall–Kier alpha value is -0.160. The molecule has 0 aromatic carbocycles. The van der Waals surface area contributed by atoms with Crippen molar-refractivity contribution in [2.45, 2.75) is 19.0 Å². The third kappa shape index (κ3) is 2.64. The van der Waals surface area contributed by atoms with E-state index in [9.17, 15) is 0 Å². The molecule has 78 valence electrons. The van der Waals surface area contributed by atoms with Gasteiger partial charge in [-0.3, -0.25) is 4.90 Å². The van der Waals surface area contributed by atoms with Gasteiger partial charge in [0.05, 0.1) is 6.61 Å². The van der Waals surface area contributed by atoms with Crippen LogP contribution in [-0.2, 0) is 0 Å². The van der Waals surface area contributed by atoms with E-state index < -0.39 is 0 Å². The summed E-state index contributed by atoms with van der Waals surface area (Å²) < 4.78 is 0. The Morgan fingerprint density at radius 3 is 2.69 bits per heavy atom. The molecule has 1 fully saturated rings. The Balaban J connectivity index is 2.49. The van der Waals surface area contributed by atoms with E-state index in [1.165, 1.54) is 0 Å². The standard InChI is InChI=1S/C9H21N3O/c1-8-6-11(2)3-4-12(8)9(5-10)7-13/h8-9,13H,3-7,10H2,1-2H3. The molecule has 13 heavy (non-hydrogen) atoms. The first kappa shape index (κ1) is 10.9. The summed E-state index contributed by atoms with van der Waals surface area (Å²) in [4.78, 5) is 4.62. The van der Waals surface area contributed by atoms with Crippen LogP contribution < -0.4 is 5.73 Å². The maximum Gasteiger partial charge on any atom is 0.0599 e. The fraction of sp³-hybridized carbons (Fsp3) is 1.00. The Morgan fingerprint density at radius 1 is 1.54 bits per heavy atom. The fourth-order valence-corrected chi connectivity index (χ4v) is 2.01. The smallest absolute Gasteiger partial charge is 0.0599 e. The van der Waals surface area contributed by atoms with Crippen molar-refractivity contribution >= 4 is 0 Å². The summed E-state index contributed by atoms with van der Waals surface area (Å²) in [5.41, 5.74) is 5.60. The van der Waals surface area contributed by atoms with Crippen LogP contribution in [0.15, 0.2) is 0 Å². The molecule has 0 amide bonds. The second-order valence-electron chi connectivity index (χ2n) is 3.92. The number of rotatable bonds is 3. The summed E-state index contributed by atoms with van der Waals surface area (Å²) in [6, 6.07) is 0.642. The van der Waals surface area contributed by atoms with Crippen molar-refractivity contribution in [2.24, 2.45) is 5.73 Å². The average molecular weight is 187 g/mol. The highest BCUT2D eigenvalue weighted by molar-refractivity contribution is 4.83. The normalized spacial score (nSPS) is 29.1. The van der Waals surface area contributed by atoms with E-state index >= 15 is 0 Å². The molecule has 2 atom stereocenters. The Kier molecular flexibility index (Phi) is 4.12. The number of likely N-dealkylation sites (N-methyl/N-ethyl adjacent to an activating group) is 1. The van der Waals surface area contributed by atoms with Crippen LogP contribution in [0.25, 0.3) is 0 Å². The van der Waals surface area contributed by atoms with Gasteiger partial charge in [-0.05, 0) is 14.0 Å². The van der Waals surface area contributed by atoms with Crippen molar-refractivity contribution in [3.8, 4) is 0 Å². The maximum atomic E-state index is 9.13. The molecule has 4 nitrogen and oxygen atoms in total. The number of aliphatic hydroxyl groups is 1. The van der Waals surface area contributed by atoms with Gasteiger partial charge in [-0.1, -0.05) is 0 Å². The number of nitrogens with two attached hydrogens (primary N) is 1. The van der Waals surface area contributed by atoms with Crippen LogP contribution in [0, 0.1) is 0 Å². The SMILES string of the molecule is CC1CN(C)CCN1C(CN)CO. The van der Waals surface area contributed by atoms with E-state index in [4.69, 9.17) is 10.8 Å². The fourth-order valence-electron chi connectivity index (χ4n) is 2.01. The average Bonchev–Trinajstić information content (AvgIpc) is 2.10. The third-order valence-corrected chi connectivity index (χ3v) is 2.83. The van der Waals surface area contributed by atoms with Crippen molar-refractivity contribution in [2.75, 3.05) is 39.8 Å². The molecule has 0 saturated carbocycles. The van der Waals surface area contributed by atoms with Crippen LogP contribution in [0.1, 0.15) is 6.92 Å². The minimum Gasteiger partial charge on any atom is -0.395 e. The number of hydrogen-bond acceptors (Lipinski definition) is 4. The largest absolute Gasteiger partial charge is 0.395 e. The maximum absolute atomic E-state index is 9.13. The summed E-state index contributed by atoms with van der Waals surface area (Å²) in [5, 5.41) is 9.13. The van der Waals surface area contributed by atoms with Gasteiger partial charge >= 0.3 is 0 Å². The molecule has 1 aliphatic heterocycles. The van der Waals surface area contributed by atoms with Gasteiger partial charge in [-0.15, -0.1) is 0 Å². The minimum absolute atomic E-state index is 0.142.